The lowest BCUT2D eigenvalue weighted by atomic mass is 10.1. The van der Waals surface area contributed by atoms with Crippen molar-refractivity contribution in [1.29, 1.82) is 0 Å². The smallest absolute Gasteiger partial charge is 0.273 e. The zero-order valence-corrected chi connectivity index (χ0v) is 14.2. The van der Waals surface area contributed by atoms with Crippen LogP contribution < -0.4 is 10.7 Å². The van der Waals surface area contributed by atoms with E-state index in [0.29, 0.717) is 11.3 Å². The fourth-order valence-corrected chi connectivity index (χ4v) is 2.37. The molecule has 0 fully saturated rings. The maximum Gasteiger partial charge on any atom is 0.273 e. The van der Waals surface area contributed by atoms with Crippen LogP contribution in [0.4, 0.5) is 10.1 Å². The molecule has 0 aliphatic heterocycles. The molecule has 0 bridgehead atoms. The van der Waals surface area contributed by atoms with Crippen molar-refractivity contribution in [3.8, 4) is 0 Å². The number of rotatable bonds is 5. The third-order valence-corrected chi connectivity index (χ3v) is 3.73. The fourth-order valence-electron chi connectivity index (χ4n) is 2.37. The molecule has 3 aromatic carbocycles. The molecule has 0 atom stereocenters. The molecular weight excluding hydrogens is 345 g/mol. The molecule has 27 heavy (non-hydrogen) atoms. The van der Waals surface area contributed by atoms with Gasteiger partial charge in [-0.05, 0) is 30.3 Å². The monoisotopic (exact) mass is 361 g/mol. The van der Waals surface area contributed by atoms with E-state index in [0.717, 1.165) is 0 Å². The molecule has 0 aromatic heterocycles. The van der Waals surface area contributed by atoms with Gasteiger partial charge in [0.15, 0.2) is 0 Å². The summed E-state index contributed by atoms with van der Waals surface area (Å²) >= 11 is 0. The minimum Gasteiger partial charge on any atom is -0.321 e. The lowest BCUT2D eigenvalue weighted by molar-refractivity contribution is 0.0956. The topological polar surface area (TPSA) is 70.6 Å². The Balaban J connectivity index is 1.72. The van der Waals surface area contributed by atoms with E-state index in [1.807, 2.05) is 6.07 Å². The highest BCUT2D eigenvalue weighted by Gasteiger charge is 2.13. The molecule has 0 saturated heterocycles. The normalized spacial score (nSPS) is 10.6. The molecule has 0 radical (unpaired) electrons. The van der Waals surface area contributed by atoms with Crippen molar-refractivity contribution < 1.29 is 14.0 Å². The second-order valence-electron chi connectivity index (χ2n) is 5.59. The molecule has 0 aliphatic rings. The molecule has 3 aromatic rings. The van der Waals surface area contributed by atoms with Gasteiger partial charge in [-0.3, -0.25) is 9.59 Å². The zero-order chi connectivity index (χ0) is 19.1. The molecule has 0 spiro atoms. The van der Waals surface area contributed by atoms with E-state index in [2.05, 4.69) is 15.8 Å². The van der Waals surface area contributed by atoms with Gasteiger partial charge in [0.05, 0.1) is 17.5 Å². The van der Waals surface area contributed by atoms with Crippen molar-refractivity contribution in [3.63, 3.8) is 0 Å². The van der Waals surface area contributed by atoms with Crippen molar-refractivity contribution >= 4 is 23.7 Å². The van der Waals surface area contributed by atoms with E-state index < -0.39 is 11.7 Å². The molecule has 3 rings (SSSR count). The van der Waals surface area contributed by atoms with Crippen LogP contribution in [-0.2, 0) is 0 Å². The molecular formula is C21H16FN3O2. The van der Waals surface area contributed by atoms with Gasteiger partial charge in [0.25, 0.3) is 11.8 Å². The van der Waals surface area contributed by atoms with Crippen molar-refractivity contribution in [2.24, 2.45) is 5.10 Å². The van der Waals surface area contributed by atoms with Gasteiger partial charge < -0.3 is 5.32 Å². The molecule has 0 unspecified atom stereocenters. The van der Waals surface area contributed by atoms with Gasteiger partial charge in [0, 0.05) is 11.1 Å². The Kier molecular flexibility index (Phi) is 5.69. The molecule has 6 heteroatoms. The van der Waals surface area contributed by atoms with E-state index in [-0.39, 0.29) is 17.0 Å². The largest absolute Gasteiger partial charge is 0.321 e. The Morgan fingerprint density at radius 1 is 0.815 bits per heavy atom. The first-order chi connectivity index (χ1) is 13.1. The third-order valence-electron chi connectivity index (χ3n) is 3.73. The number of benzene rings is 3. The minimum atomic E-state index is -0.522. The van der Waals surface area contributed by atoms with Crippen LogP contribution in [0.3, 0.4) is 0 Å². The van der Waals surface area contributed by atoms with Gasteiger partial charge in [0.2, 0.25) is 0 Å². The summed E-state index contributed by atoms with van der Waals surface area (Å²) in [6.45, 7) is 0. The number of nitrogens with zero attached hydrogens (tertiary/aromatic N) is 1. The highest BCUT2D eigenvalue weighted by Crippen LogP contribution is 2.16. The molecule has 0 saturated carbocycles. The number of hydrogen-bond donors (Lipinski definition) is 2. The number of amides is 2. The predicted molar refractivity (Wildman–Crippen MR) is 102 cm³/mol. The number of carbonyl (C=O) groups is 2. The van der Waals surface area contributed by atoms with Gasteiger partial charge in [-0.15, -0.1) is 0 Å². The maximum atomic E-state index is 13.6. The first-order valence-corrected chi connectivity index (χ1v) is 8.18. The lowest BCUT2D eigenvalue weighted by Crippen LogP contribution is -2.21. The average Bonchev–Trinajstić information content (AvgIpc) is 2.70. The van der Waals surface area contributed by atoms with Gasteiger partial charge in [0.1, 0.15) is 5.82 Å². The van der Waals surface area contributed by atoms with Crippen LogP contribution in [-0.4, -0.2) is 18.0 Å². The Morgan fingerprint density at radius 2 is 1.48 bits per heavy atom. The highest BCUT2D eigenvalue weighted by atomic mass is 19.1. The molecule has 2 amide bonds. The Bertz CT molecular complexity index is 987. The van der Waals surface area contributed by atoms with Gasteiger partial charge in [-0.1, -0.05) is 48.5 Å². The predicted octanol–water partition coefficient (Wildman–Crippen LogP) is 3.84. The SMILES string of the molecule is O=C(Nc1ccccc1C(=O)NN=Cc1ccccc1F)c1ccccc1. The van der Waals surface area contributed by atoms with Gasteiger partial charge in [-0.2, -0.15) is 5.10 Å². The van der Waals surface area contributed by atoms with Crippen LogP contribution in [0, 0.1) is 5.82 Å². The third kappa shape index (κ3) is 4.64. The molecule has 0 heterocycles. The Morgan fingerprint density at radius 3 is 2.26 bits per heavy atom. The van der Waals surface area contributed by atoms with Crippen molar-refractivity contribution in [3.05, 3.63) is 101 Å². The number of nitrogens with one attached hydrogen (secondary N) is 2. The van der Waals surface area contributed by atoms with Gasteiger partial charge in [-0.25, -0.2) is 9.82 Å². The van der Waals surface area contributed by atoms with Crippen LogP contribution in [0.1, 0.15) is 26.3 Å². The Hall–Kier alpha value is -3.80. The van der Waals surface area contributed by atoms with E-state index in [1.54, 1.807) is 66.7 Å². The summed E-state index contributed by atoms with van der Waals surface area (Å²) < 4.78 is 13.6. The molecule has 5 nitrogen and oxygen atoms in total. The van der Waals surface area contributed by atoms with Crippen LogP contribution in [0.25, 0.3) is 0 Å². The van der Waals surface area contributed by atoms with Crippen molar-refractivity contribution in [2.45, 2.75) is 0 Å². The maximum absolute atomic E-state index is 13.6. The van der Waals surface area contributed by atoms with Crippen molar-refractivity contribution in [1.82, 2.24) is 5.43 Å². The number of halogens is 1. The Labute approximate surface area is 155 Å². The van der Waals surface area contributed by atoms with Gasteiger partial charge >= 0.3 is 0 Å². The minimum absolute atomic E-state index is 0.243. The second-order valence-corrected chi connectivity index (χ2v) is 5.59. The summed E-state index contributed by atoms with van der Waals surface area (Å²) in [7, 11) is 0. The number of hydrogen-bond acceptors (Lipinski definition) is 3. The van der Waals surface area contributed by atoms with Crippen molar-refractivity contribution in [2.75, 3.05) is 5.32 Å². The number of anilines is 1. The van der Waals surface area contributed by atoms with Crippen LogP contribution >= 0.6 is 0 Å². The van der Waals surface area contributed by atoms with E-state index in [4.69, 9.17) is 0 Å². The lowest BCUT2D eigenvalue weighted by Gasteiger charge is -2.10. The van der Waals surface area contributed by atoms with E-state index in [9.17, 15) is 14.0 Å². The summed E-state index contributed by atoms with van der Waals surface area (Å²) in [6, 6.07) is 21.3. The molecule has 134 valence electrons. The zero-order valence-electron chi connectivity index (χ0n) is 14.2. The molecule has 0 aliphatic carbocycles. The number of para-hydroxylation sites is 1. The quantitative estimate of drug-likeness (QED) is 0.535. The average molecular weight is 361 g/mol. The van der Waals surface area contributed by atoms with Crippen LogP contribution in [0.15, 0.2) is 84.0 Å². The summed E-state index contributed by atoms with van der Waals surface area (Å²) in [6.07, 6.45) is 1.22. The first-order valence-electron chi connectivity index (χ1n) is 8.18. The number of hydrazone groups is 1. The fraction of sp³-hybridized carbons (Fsp3) is 0. The van der Waals surface area contributed by atoms with Crippen LogP contribution in [0.5, 0.6) is 0 Å². The summed E-state index contributed by atoms with van der Waals surface area (Å²) in [5.41, 5.74) is 3.67. The summed E-state index contributed by atoms with van der Waals surface area (Å²) in [5.74, 6) is -1.29. The van der Waals surface area contributed by atoms with Crippen LogP contribution in [0.2, 0.25) is 0 Å². The first kappa shape index (κ1) is 18.0. The van der Waals surface area contributed by atoms with E-state index in [1.165, 1.54) is 12.3 Å². The number of carbonyl (C=O) groups excluding carboxylic acids is 2. The highest BCUT2D eigenvalue weighted by molar-refractivity contribution is 6.09. The summed E-state index contributed by atoms with van der Waals surface area (Å²) in [4.78, 5) is 24.7. The standard InChI is InChI=1S/C21H16FN3O2/c22-18-12-6-4-10-16(18)14-23-25-21(27)17-11-5-7-13-19(17)24-20(26)15-8-2-1-3-9-15/h1-14H,(H,24,26)(H,25,27). The van der Waals surface area contributed by atoms with E-state index >= 15 is 0 Å². The summed E-state index contributed by atoms with van der Waals surface area (Å²) in [5, 5.41) is 6.49. The molecule has 2 N–H and O–H groups in total. The second kappa shape index (κ2) is 8.53.